The Morgan fingerprint density at radius 3 is 2.56 bits per heavy atom. The van der Waals surface area contributed by atoms with Gasteiger partial charge in [-0.1, -0.05) is 6.07 Å². The molecule has 1 aromatic carbocycles. The van der Waals surface area contributed by atoms with Gasteiger partial charge in [-0.15, -0.1) is 0 Å². The predicted octanol–water partition coefficient (Wildman–Crippen LogP) is 1.90. The second-order valence-corrected chi connectivity index (χ2v) is 5.47. The van der Waals surface area contributed by atoms with Crippen LogP contribution in [0.2, 0.25) is 0 Å². The summed E-state index contributed by atoms with van der Waals surface area (Å²) in [6.07, 6.45) is -4.66. The Morgan fingerprint density at radius 1 is 1.25 bits per heavy atom. The summed E-state index contributed by atoms with van der Waals surface area (Å²) in [4.78, 5) is -0.631. The van der Waals surface area contributed by atoms with Gasteiger partial charge in [-0.05, 0) is 12.1 Å². The molecule has 0 saturated carbocycles. The van der Waals surface area contributed by atoms with Crippen molar-refractivity contribution in [2.75, 3.05) is 17.6 Å². The van der Waals surface area contributed by atoms with E-state index in [4.69, 9.17) is 0 Å². The molecule has 88 valence electrons. The highest BCUT2D eigenvalue weighted by Crippen LogP contribution is 2.39. The fraction of sp³-hybridized carbons (Fsp3) is 0.333. The van der Waals surface area contributed by atoms with Crippen molar-refractivity contribution in [3.05, 3.63) is 23.8 Å². The Hall–Kier alpha value is -1.24. The Balaban J connectivity index is 2.76. The first-order chi connectivity index (χ1) is 7.32. The normalized spacial score (nSPS) is 18.7. The number of rotatable bonds is 0. The zero-order chi connectivity index (χ0) is 12.0. The van der Waals surface area contributed by atoms with Gasteiger partial charge < -0.3 is 5.32 Å². The van der Waals surface area contributed by atoms with Crippen molar-refractivity contribution in [2.45, 2.75) is 11.1 Å². The molecule has 0 saturated heterocycles. The van der Waals surface area contributed by atoms with Crippen LogP contribution in [-0.4, -0.2) is 20.7 Å². The molecule has 0 bridgehead atoms. The van der Waals surface area contributed by atoms with Crippen LogP contribution in [0.25, 0.3) is 0 Å². The van der Waals surface area contributed by atoms with E-state index in [0.717, 1.165) is 6.07 Å². The second-order valence-electron chi connectivity index (χ2n) is 3.43. The summed E-state index contributed by atoms with van der Waals surface area (Å²) in [6, 6.07) is 3.31. The maximum atomic E-state index is 12.6. The van der Waals surface area contributed by atoms with E-state index in [0.29, 0.717) is 0 Å². The molecule has 1 aliphatic heterocycles. The van der Waals surface area contributed by atoms with Crippen molar-refractivity contribution < 1.29 is 21.6 Å². The van der Waals surface area contributed by atoms with Gasteiger partial charge in [0.25, 0.3) is 0 Å². The highest BCUT2D eigenvalue weighted by atomic mass is 32.2. The number of fused-ring (bicyclic) bond motifs is 1. The van der Waals surface area contributed by atoms with E-state index in [1.807, 2.05) is 0 Å². The van der Waals surface area contributed by atoms with Gasteiger partial charge in [-0.25, -0.2) is 8.42 Å². The number of benzene rings is 1. The lowest BCUT2D eigenvalue weighted by atomic mass is 10.2. The first kappa shape index (κ1) is 11.3. The number of anilines is 1. The Labute approximate surface area is 90.2 Å². The van der Waals surface area contributed by atoms with Crippen LogP contribution in [-0.2, 0) is 16.0 Å². The molecule has 1 N–H and O–H groups in total. The van der Waals surface area contributed by atoms with Gasteiger partial charge in [-0.2, -0.15) is 13.2 Å². The first-order valence-electron chi connectivity index (χ1n) is 4.49. The lowest BCUT2D eigenvalue weighted by Crippen LogP contribution is -2.26. The molecule has 0 spiro atoms. The van der Waals surface area contributed by atoms with Gasteiger partial charge in [0.15, 0.2) is 9.84 Å². The smallest absolute Gasteiger partial charge is 0.383 e. The van der Waals surface area contributed by atoms with Crippen LogP contribution in [0.4, 0.5) is 18.9 Å². The maximum Gasteiger partial charge on any atom is 0.417 e. The molecule has 0 aromatic heterocycles. The van der Waals surface area contributed by atoms with Gasteiger partial charge in [0.1, 0.15) is 4.90 Å². The monoisotopic (exact) mass is 251 g/mol. The molecule has 1 aliphatic rings. The maximum absolute atomic E-state index is 12.6. The van der Waals surface area contributed by atoms with E-state index < -0.39 is 26.5 Å². The number of sulfone groups is 1. The number of hydrogen-bond donors (Lipinski definition) is 1. The Morgan fingerprint density at radius 2 is 1.94 bits per heavy atom. The van der Waals surface area contributed by atoms with E-state index in [1.165, 1.54) is 12.1 Å². The largest absolute Gasteiger partial charge is 0.417 e. The molecule has 0 atom stereocenters. The SMILES string of the molecule is O=S1(=O)CCNc2cccc(C(F)(F)F)c21. The molecule has 0 aliphatic carbocycles. The molecule has 7 heteroatoms. The van der Waals surface area contributed by atoms with Crippen molar-refractivity contribution in [3.8, 4) is 0 Å². The first-order valence-corrected chi connectivity index (χ1v) is 6.14. The summed E-state index contributed by atoms with van der Waals surface area (Å²) in [5, 5.41) is 2.65. The molecule has 16 heavy (non-hydrogen) atoms. The van der Waals surface area contributed by atoms with Crippen LogP contribution in [0, 0.1) is 0 Å². The summed E-state index contributed by atoms with van der Waals surface area (Å²) in [7, 11) is -3.84. The third-order valence-corrected chi connectivity index (χ3v) is 4.12. The fourth-order valence-corrected chi connectivity index (χ4v) is 3.23. The van der Waals surface area contributed by atoms with Crippen molar-refractivity contribution in [2.24, 2.45) is 0 Å². The van der Waals surface area contributed by atoms with E-state index in [2.05, 4.69) is 5.32 Å². The van der Waals surface area contributed by atoms with Crippen molar-refractivity contribution >= 4 is 15.5 Å². The van der Waals surface area contributed by atoms with Crippen LogP contribution in [0.3, 0.4) is 0 Å². The minimum absolute atomic E-state index is 0.0288. The minimum Gasteiger partial charge on any atom is -0.383 e. The number of hydrogen-bond acceptors (Lipinski definition) is 3. The molecule has 1 aromatic rings. The zero-order valence-electron chi connectivity index (χ0n) is 8.00. The Bertz CT molecular complexity index is 522. The average Bonchev–Trinajstić information content (AvgIpc) is 2.15. The molecular formula is C9H8F3NO2S. The van der Waals surface area contributed by atoms with Crippen LogP contribution >= 0.6 is 0 Å². The summed E-state index contributed by atoms with van der Waals surface area (Å²) in [6.45, 7) is 0.136. The summed E-state index contributed by atoms with van der Waals surface area (Å²) in [5.74, 6) is -0.312. The molecule has 0 fully saturated rings. The molecule has 3 nitrogen and oxygen atoms in total. The van der Waals surface area contributed by atoms with Crippen LogP contribution in [0.5, 0.6) is 0 Å². The summed E-state index contributed by atoms with van der Waals surface area (Å²) < 4.78 is 61.1. The van der Waals surface area contributed by atoms with Crippen LogP contribution < -0.4 is 5.32 Å². The average molecular weight is 251 g/mol. The third-order valence-electron chi connectivity index (χ3n) is 2.32. The summed E-state index contributed by atoms with van der Waals surface area (Å²) >= 11 is 0. The molecule has 0 unspecified atom stereocenters. The van der Waals surface area contributed by atoms with E-state index >= 15 is 0 Å². The van der Waals surface area contributed by atoms with Crippen LogP contribution in [0.15, 0.2) is 23.1 Å². The predicted molar refractivity (Wildman–Crippen MR) is 52.0 cm³/mol. The van der Waals surface area contributed by atoms with Crippen molar-refractivity contribution in [3.63, 3.8) is 0 Å². The lowest BCUT2D eigenvalue weighted by Gasteiger charge is -2.21. The van der Waals surface area contributed by atoms with Gasteiger partial charge in [0, 0.05) is 6.54 Å². The molecule has 1 heterocycles. The molecule has 2 rings (SSSR count). The second kappa shape index (κ2) is 3.38. The highest BCUT2D eigenvalue weighted by molar-refractivity contribution is 7.91. The third kappa shape index (κ3) is 1.75. The quantitative estimate of drug-likeness (QED) is 0.766. The van der Waals surface area contributed by atoms with Crippen molar-refractivity contribution in [1.82, 2.24) is 0 Å². The standard InChI is InChI=1S/C9H8F3NO2S/c10-9(11,12)6-2-1-3-7-8(6)16(14,15)5-4-13-7/h1-3,13H,4-5H2. The van der Waals surface area contributed by atoms with Gasteiger partial charge in [-0.3, -0.25) is 0 Å². The fourth-order valence-electron chi connectivity index (χ4n) is 1.66. The molecule has 0 radical (unpaired) electrons. The number of alkyl halides is 3. The number of halogens is 3. The summed E-state index contributed by atoms with van der Waals surface area (Å²) in [5.41, 5.74) is -1.07. The van der Waals surface area contributed by atoms with Gasteiger partial charge in [0.05, 0.1) is 17.0 Å². The van der Waals surface area contributed by atoms with Gasteiger partial charge in [0.2, 0.25) is 0 Å². The highest BCUT2D eigenvalue weighted by Gasteiger charge is 2.39. The van der Waals surface area contributed by atoms with E-state index in [1.54, 1.807) is 0 Å². The minimum atomic E-state index is -4.66. The topological polar surface area (TPSA) is 46.2 Å². The molecule has 0 amide bonds. The van der Waals surface area contributed by atoms with Gasteiger partial charge >= 0.3 is 6.18 Å². The number of nitrogens with one attached hydrogen (secondary N) is 1. The van der Waals surface area contributed by atoms with E-state index in [9.17, 15) is 21.6 Å². The van der Waals surface area contributed by atoms with Crippen LogP contribution in [0.1, 0.15) is 5.56 Å². The van der Waals surface area contributed by atoms with E-state index in [-0.39, 0.29) is 18.0 Å². The molecular weight excluding hydrogens is 243 g/mol. The zero-order valence-corrected chi connectivity index (χ0v) is 8.82. The lowest BCUT2D eigenvalue weighted by molar-refractivity contribution is -0.139. The van der Waals surface area contributed by atoms with Crippen molar-refractivity contribution in [1.29, 1.82) is 0 Å². The Kier molecular flexibility index (Phi) is 2.37.